The van der Waals surface area contributed by atoms with Gasteiger partial charge in [0.25, 0.3) is 5.91 Å². The summed E-state index contributed by atoms with van der Waals surface area (Å²) >= 11 is 2.25. The number of aromatic nitrogens is 1. The summed E-state index contributed by atoms with van der Waals surface area (Å²) in [7, 11) is 0. The van der Waals surface area contributed by atoms with Gasteiger partial charge >= 0.3 is 0 Å². The van der Waals surface area contributed by atoms with Gasteiger partial charge in [0.15, 0.2) is 0 Å². The Morgan fingerprint density at radius 3 is 2.46 bits per heavy atom. The Balaban J connectivity index is 1.95. The van der Waals surface area contributed by atoms with Crippen LogP contribution in [0.15, 0.2) is 42.6 Å². The topological polar surface area (TPSA) is 63.1 Å². The molecule has 2 N–H and O–H groups in total. The van der Waals surface area contributed by atoms with Crippen molar-refractivity contribution in [2.75, 3.05) is 13.1 Å². The van der Waals surface area contributed by atoms with Gasteiger partial charge in [0.1, 0.15) is 5.69 Å². The molecule has 1 aromatic heterocycles. The van der Waals surface area contributed by atoms with E-state index in [1.165, 1.54) is 0 Å². The lowest BCUT2D eigenvalue weighted by atomic mass is 9.96. The largest absolute Gasteiger partial charge is 0.354 e. The van der Waals surface area contributed by atoms with Gasteiger partial charge in [0, 0.05) is 34.0 Å². The molecule has 0 saturated carbocycles. The summed E-state index contributed by atoms with van der Waals surface area (Å²) in [6.07, 6.45) is 1.86. The molecule has 0 aliphatic rings. The number of benzene rings is 1. The fourth-order valence-electron chi connectivity index (χ4n) is 2.12. The van der Waals surface area contributed by atoms with E-state index in [-0.39, 0.29) is 11.8 Å². The highest BCUT2D eigenvalue weighted by Crippen LogP contribution is 2.16. The van der Waals surface area contributed by atoms with Crippen molar-refractivity contribution in [1.29, 1.82) is 0 Å². The van der Waals surface area contributed by atoms with Gasteiger partial charge in [-0.25, -0.2) is 0 Å². The van der Waals surface area contributed by atoms with Gasteiger partial charge in [0.2, 0.25) is 5.91 Å². The van der Waals surface area contributed by atoms with Gasteiger partial charge in [0.05, 0.1) is 0 Å². The van der Waals surface area contributed by atoms with Gasteiger partial charge in [-0.3, -0.25) is 9.59 Å². The third-order valence-electron chi connectivity index (χ3n) is 3.45. The van der Waals surface area contributed by atoms with Crippen LogP contribution in [0.1, 0.15) is 31.3 Å². The Morgan fingerprint density at radius 2 is 1.79 bits per heavy atom. The average Bonchev–Trinajstić information content (AvgIpc) is 2.99. The normalized spacial score (nSPS) is 11.2. The number of amides is 2. The first kappa shape index (κ1) is 18.5. The first-order chi connectivity index (χ1) is 11.3. The molecular formula is C18H22IN3O2. The molecule has 2 rings (SSSR count). The average molecular weight is 439 g/mol. The second kappa shape index (κ2) is 7.83. The lowest BCUT2D eigenvalue weighted by Crippen LogP contribution is -2.40. The van der Waals surface area contributed by atoms with Crippen molar-refractivity contribution in [3.8, 4) is 5.69 Å². The first-order valence-corrected chi connectivity index (χ1v) is 8.87. The van der Waals surface area contributed by atoms with Crippen LogP contribution in [0, 0.1) is 8.99 Å². The monoisotopic (exact) mass is 439 g/mol. The molecule has 2 amide bonds. The second-order valence-electron chi connectivity index (χ2n) is 6.51. The minimum absolute atomic E-state index is 0.0287. The molecule has 1 heterocycles. The number of nitrogens with zero attached hydrogens (tertiary/aromatic N) is 1. The highest BCUT2D eigenvalue weighted by molar-refractivity contribution is 14.1. The zero-order chi connectivity index (χ0) is 17.7. The molecule has 0 aliphatic heterocycles. The van der Waals surface area contributed by atoms with Crippen molar-refractivity contribution in [1.82, 2.24) is 15.2 Å². The van der Waals surface area contributed by atoms with Crippen molar-refractivity contribution in [2.24, 2.45) is 5.41 Å². The van der Waals surface area contributed by atoms with Crippen molar-refractivity contribution >= 4 is 34.4 Å². The van der Waals surface area contributed by atoms with Crippen molar-refractivity contribution < 1.29 is 9.59 Å². The Bertz CT molecular complexity index is 732. The van der Waals surface area contributed by atoms with Crippen LogP contribution < -0.4 is 10.6 Å². The van der Waals surface area contributed by atoms with Crippen molar-refractivity contribution in [2.45, 2.75) is 20.8 Å². The molecule has 6 heteroatoms. The molecule has 0 atom stereocenters. The lowest BCUT2D eigenvalue weighted by Gasteiger charge is -2.17. The fourth-order valence-corrected chi connectivity index (χ4v) is 2.65. The van der Waals surface area contributed by atoms with E-state index in [9.17, 15) is 9.59 Å². The van der Waals surface area contributed by atoms with Crippen LogP contribution in [0.4, 0.5) is 0 Å². The maximum Gasteiger partial charge on any atom is 0.268 e. The molecule has 0 spiro atoms. The second-order valence-corrected chi connectivity index (χ2v) is 7.75. The van der Waals surface area contributed by atoms with Gasteiger partial charge in [-0.1, -0.05) is 26.8 Å². The van der Waals surface area contributed by atoms with Crippen LogP contribution in [0.25, 0.3) is 5.69 Å². The summed E-state index contributed by atoms with van der Waals surface area (Å²) in [5.74, 6) is -0.192. The fraction of sp³-hybridized carbons (Fsp3) is 0.333. The summed E-state index contributed by atoms with van der Waals surface area (Å²) in [5.41, 5.74) is 1.08. The maximum absolute atomic E-state index is 12.4. The molecule has 0 bridgehead atoms. The molecule has 0 fully saturated rings. The van der Waals surface area contributed by atoms with Gasteiger partial charge in [-0.15, -0.1) is 0 Å². The van der Waals surface area contributed by atoms with Gasteiger partial charge in [-0.2, -0.15) is 0 Å². The molecule has 1 aromatic carbocycles. The Labute approximate surface area is 156 Å². The molecule has 0 saturated heterocycles. The van der Waals surface area contributed by atoms with E-state index < -0.39 is 5.41 Å². The molecule has 0 radical (unpaired) electrons. The molecule has 0 unspecified atom stereocenters. The Hall–Kier alpha value is -1.83. The van der Waals surface area contributed by atoms with E-state index in [0.29, 0.717) is 18.8 Å². The van der Waals surface area contributed by atoms with Crippen LogP contribution >= 0.6 is 22.6 Å². The third kappa shape index (κ3) is 4.83. The van der Waals surface area contributed by atoms with Crippen LogP contribution in [0.5, 0.6) is 0 Å². The van der Waals surface area contributed by atoms with E-state index in [0.717, 1.165) is 9.26 Å². The van der Waals surface area contributed by atoms with Crippen LogP contribution in [-0.4, -0.2) is 29.5 Å². The first-order valence-electron chi connectivity index (χ1n) is 7.79. The summed E-state index contributed by atoms with van der Waals surface area (Å²) in [4.78, 5) is 24.2. The molecule has 24 heavy (non-hydrogen) atoms. The van der Waals surface area contributed by atoms with Crippen LogP contribution in [-0.2, 0) is 4.79 Å². The van der Waals surface area contributed by atoms with Gasteiger partial charge in [-0.05, 0) is 52.9 Å². The number of rotatable bonds is 5. The molecule has 2 aromatic rings. The molecular weight excluding hydrogens is 417 g/mol. The number of hydrogen-bond donors (Lipinski definition) is 2. The van der Waals surface area contributed by atoms with Gasteiger partial charge < -0.3 is 15.2 Å². The quantitative estimate of drug-likeness (QED) is 0.556. The molecule has 5 nitrogen and oxygen atoms in total. The highest BCUT2D eigenvalue weighted by Gasteiger charge is 2.20. The minimum atomic E-state index is -0.427. The van der Waals surface area contributed by atoms with E-state index in [2.05, 4.69) is 33.2 Å². The predicted molar refractivity (Wildman–Crippen MR) is 103 cm³/mol. The van der Waals surface area contributed by atoms with Crippen LogP contribution in [0.3, 0.4) is 0 Å². The number of halogens is 1. The smallest absolute Gasteiger partial charge is 0.268 e. The summed E-state index contributed by atoms with van der Waals surface area (Å²) in [6, 6.07) is 11.6. The van der Waals surface area contributed by atoms with Crippen molar-refractivity contribution in [3.05, 3.63) is 51.9 Å². The third-order valence-corrected chi connectivity index (χ3v) is 4.12. The Morgan fingerprint density at radius 1 is 1.08 bits per heavy atom. The van der Waals surface area contributed by atoms with E-state index in [4.69, 9.17) is 0 Å². The Kier molecular flexibility index (Phi) is 6.04. The van der Waals surface area contributed by atoms with E-state index in [1.807, 2.05) is 61.9 Å². The summed E-state index contributed by atoms with van der Waals surface area (Å²) in [6.45, 7) is 6.36. The summed E-state index contributed by atoms with van der Waals surface area (Å²) < 4.78 is 2.96. The highest BCUT2D eigenvalue weighted by atomic mass is 127. The lowest BCUT2D eigenvalue weighted by molar-refractivity contribution is -0.128. The standard InChI is InChI=1S/C18H22IN3O2/c1-18(2,3)17(24)21-10-9-20-16(23)15-8-5-11-22(15)14-7-4-6-13(19)12-14/h4-8,11-12H,9-10H2,1-3H3,(H,20,23)(H,21,24). The number of carbonyl (C=O) groups excluding carboxylic acids is 2. The number of hydrogen-bond acceptors (Lipinski definition) is 2. The van der Waals surface area contributed by atoms with E-state index >= 15 is 0 Å². The summed E-state index contributed by atoms with van der Waals surface area (Å²) in [5, 5.41) is 5.66. The number of carbonyl (C=O) groups is 2. The SMILES string of the molecule is CC(C)(C)C(=O)NCCNC(=O)c1cccn1-c1cccc(I)c1. The van der Waals surface area contributed by atoms with Crippen LogP contribution in [0.2, 0.25) is 0 Å². The van der Waals surface area contributed by atoms with E-state index in [1.54, 1.807) is 6.07 Å². The zero-order valence-corrected chi connectivity index (χ0v) is 16.3. The predicted octanol–water partition coefficient (Wildman–Crippen LogP) is 2.97. The zero-order valence-electron chi connectivity index (χ0n) is 14.1. The molecule has 128 valence electrons. The van der Waals surface area contributed by atoms with Crippen molar-refractivity contribution in [3.63, 3.8) is 0 Å². The number of nitrogens with one attached hydrogen (secondary N) is 2. The molecule has 0 aliphatic carbocycles. The maximum atomic E-state index is 12.4. The minimum Gasteiger partial charge on any atom is -0.354 e.